The minimum absolute atomic E-state index is 0.0349. The minimum atomic E-state index is -0.563. The smallest absolute Gasteiger partial charge is 0.256 e. The third kappa shape index (κ3) is 3.75. The van der Waals surface area contributed by atoms with Gasteiger partial charge in [-0.15, -0.1) is 0 Å². The summed E-state index contributed by atoms with van der Waals surface area (Å²) < 4.78 is 22.0. The highest BCUT2D eigenvalue weighted by atomic mass is 19.1. The Balaban J connectivity index is 1.50. The summed E-state index contributed by atoms with van der Waals surface area (Å²) in [6.45, 7) is 4.44. The van der Waals surface area contributed by atoms with E-state index in [1.165, 1.54) is 23.3 Å². The van der Waals surface area contributed by atoms with E-state index in [0.717, 1.165) is 0 Å². The molecule has 0 unspecified atom stereocenters. The van der Waals surface area contributed by atoms with Crippen LogP contribution >= 0.6 is 0 Å². The highest BCUT2D eigenvalue weighted by Crippen LogP contribution is 2.29. The van der Waals surface area contributed by atoms with Gasteiger partial charge in [0.15, 0.2) is 11.4 Å². The van der Waals surface area contributed by atoms with E-state index < -0.39 is 11.7 Å². The number of carbonyl (C=O) groups is 2. The van der Waals surface area contributed by atoms with Crippen LogP contribution in [0.4, 0.5) is 15.8 Å². The number of pyridine rings is 1. The van der Waals surface area contributed by atoms with Crippen molar-refractivity contribution in [3.8, 4) is 11.5 Å². The summed E-state index contributed by atoms with van der Waals surface area (Å²) in [4.78, 5) is 31.3. The lowest BCUT2D eigenvalue weighted by atomic mass is 10.1. The van der Waals surface area contributed by atoms with Crippen LogP contribution in [0.1, 0.15) is 43.1 Å². The molecule has 8 nitrogen and oxygen atoms in total. The number of furan rings is 1. The first-order valence-electron chi connectivity index (χ1n) is 10.8. The standard InChI is InChI=1S/C24H22FN5O3/c1-14(2)30-23-17(13-26-30)16(12-19(28-23)21-5-4-10-33-21)24(32)27-15-7-8-20(18(25)11-15)29-9-3-6-22(29)31/h4-5,7-8,10-14H,3,6,9H2,1-2H3,(H,27,32). The second kappa shape index (κ2) is 8.16. The van der Waals surface area contributed by atoms with Crippen molar-refractivity contribution < 1.29 is 18.4 Å². The third-order valence-electron chi connectivity index (χ3n) is 5.64. The Morgan fingerprint density at radius 1 is 1.24 bits per heavy atom. The van der Waals surface area contributed by atoms with Gasteiger partial charge in [0.2, 0.25) is 5.91 Å². The maximum absolute atomic E-state index is 14.7. The summed E-state index contributed by atoms with van der Waals surface area (Å²) in [5, 5.41) is 7.72. The van der Waals surface area contributed by atoms with Gasteiger partial charge in [-0.25, -0.2) is 14.1 Å². The molecule has 33 heavy (non-hydrogen) atoms. The number of anilines is 2. The van der Waals surface area contributed by atoms with Crippen molar-refractivity contribution in [3.05, 3.63) is 60.2 Å². The van der Waals surface area contributed by atoms with E-state index >= 15 is 0 Å². The quantitative estimate of drug-likeness (QED) is 0.475. The molecule has 4 aromatic rings. The number of carbonyl (C=O) groups excluding carboxylic acids is 2. The molecule has 0 radical (unpaired) electrons. The van der Waals surface area contributed by atoms with Crippen molar-refractivity contribution in [2.45, 2.75) is 32.7 Å². The van der Waals surface area contributed by atoms with Gasteiger partial charge in [-0.3, -0.25) is 9.59 Å². The van der Waals surface area contributed by atoms with Gasteiger partial charge in [0.1, 0.15) is 11.5 Å². The Hall–Kier alpha value is -4.01. The first kappa shape index (κ1) is 20.9. The summed E-state index contributed by atoms with van der Waals surface area (Å²) in [5.74, 6) is -0.569. The Labute approximate surface area is 189 Å². The number of hydrogen-bond donors (Lipinski definition) is 1. The number of halogens is 1. The fourth-order valence-corrected chi connectivity index (χ4v) is 4.04. The molecule has 9 heteroatoms. The number of hydrogen-bond acceptors (Lipinski definition) is 5. The topological polar surface area (TPSA) is 93.3 Å². The lowest BCUT2D eigenvalue weighted by Crippen LogP contribution is -2.24. The lowest BCUT2D eigenvalue weighted by Gasteiger charge is -2.17. The molecule has 0 atom stereocenters. The minimum Gasteiger partial charge on any atom is -0.463 e. The molecule has 1 aliphatic rings. The predicted octanol–water partition coefficient (Wildman–Crippen LogP) is 4.79. The molecule has 3 aromatic heterocycles. The monoisotopic (exact) mass is 447 g/mol. The van der Waals surface area contributed by atoms with Gasteiger partial charge in [0.05, 0.1) is 29.1 Å². The SMILES string of the molecule is CC(C)n1ncc2c(C(=O)Nc3ccc(N4CCCC4=O)c(F)c3)cc(-c3ccco3)nc21. The van der Waals surface area contributed by atoms with E-state index in [4.69, 9.17) is 4.42 Å². The molecule has 1 aromatic carbocycles. The van der Waals surface area contributed by atoms with Crippen LogP contribution in [0.15, 0.2) is 53.3 Å². The molecule has 0 spiro atoms. The van der Waals surface area contributed by atoms with Crippen LogP contribution in [0.5, 0.6) is 0 Å². The molecular formula is C24H22FN5O3. The van der Waals surface area contributed by atoms with Gasteiger partial charge in [-0.2, -0.15) is 5.10 Å². The molecule has 4 heterocycles. The molecule has 0 aliphatic carbocycles. The van der Waals surface area contributed by atoms with Crippen molar-refractivity contribution in [2.24, 2.45) is 0 Å². The number of rotatable bonds is 5. The summed E-state index contributed by atoms with van der Waals surface area (Å²) in [7, 11) is 0. The van der Waals surface area contributed by atoms with Crippen molar-refractivity contribution >= 4 is 34.2 Å². The molecule has 5 rings (SSSR count). The van der Waals surface area contributed by atoms with E-state index in [1.807, 2.05) is 13.8 Å². The van der Waals surface area contributed by atoms with Crippen LogP contribution in [0.25, 0.3) is 22.5 Å². The normalized spacial score (nSPS) is 13.9. The van der Waals surface area contributed by atoms with E-state index in [0.29, 0.717) is 47.4 Å². The maximum Gasteiger partial charge on any atom is 0.256 e. The molecule has 1 saturated heterocycles. The van der Waals surface area contributed by atoms with Crippen LogP contribution in [-0.4, -0.2) is 33.1 Å². The molecule has 1 aliphatic heterocycles. The summed E-state index contributed by atoms with van der Waals surface area (Å²) in [6.07, 6.45) is 4.26. The van der Waals surface area contributed by atoms with Crippen molar-refractivity contribution in [1.29, 1.82) is 0 Å². The Kier molecular flexibility index (Phi) is 5.16. The van der Waals surface area contributed by atoms with Gasteiger partial charge in [0.25, 0.3) is 5.91 Å². The van der Waals surface area contributed by atoms with Gasteiger partial charge in [-0.05, 0) is 56.7 Å². The molecule has 0 bridgehead atoms. The first-order chi connectivity index (χ1) is 15.9. The van der Waals surface area contributed by atoms with Crippen molar-refractivity contribution in [3.63, 3.8) is 0 Å². The number of nitrogens with one attached hydrogen (secondary N) is 1. The maximum atomic E-state index is 14.7. The number of nitrogens with zero attached hydrogens (tertiary/aromatic N) is 4. The molecule has 1 fully saturated rings. The van der Waals surface area contributed by atoms with Crippen LogP contribution in [-0.2, 0) is 4.79 Å². The summed E-state index contributed by atoms with van der Waals surface area (Å²) in [6, 6.07) is 9.51. The third-order valence-corrected chi connectivity index (χ3v) is 5.64. The Bertz CT molecular complexity index is 1360. The average molecular weight is 447 g/mol. The lowest BCUT2D eigenvalue weighted by molar-refractivity contribution is -0.117. The first-order valence-corrected chi connectivity index (χ1v) is 10.8. The zero-order valence-electron chi connectivity index (χ0n) is 18.2. The Morgan fingerprint density at radius 2 is 2.09 bits per heavy atom. The number of aromatic nitrogens is 3. The van der Waals surface area contributed by atoms with Crippen LogP contribution in [0.2, 0.25) is 0 Å². The van der Waals surface area contributed by atoms with Gasteiger partial charge in [0, 0.05) is 24.7 Å². The molecule has 2 amide bonds. The number of amides is 2. The van der Waals surface area contributed by atoms with Crippen molar-refractivity contribution in [1.82, 2.24) is 14.8 Å². The fraction of sp³-hybridized carbons (Fsp3) is 0.250. The van der Waals surface area contributed by atoms with E-state index in [1.54, 1.807) is 35.1 Å². The number of benzene rings is 1. The molecule has 1 N–H and O–H groups in total. The summed E-state index contributed by atoms with van der Waals surface area (Å²) in [5.41, 5.74) is 1.90. The molecular weight excluding hydrogens is 425 g/mol. The van der Waals surface area contributed by atoms with Gasteiger partial charge >= 0.3 is 0 Å². The summed E-state index contributed by atoms with van der Waals surface area (Å²) >= 11 is 0. The highest BCUT2D eigenvalue weighted by Gasteiger charge is 2.25. The van der Waals surface area contributed by atoms with Crippen LogP contribution in [0, 0.1) is 5.82 Å². The molecule has 0 saturated carbocycles. The zero-order chi connectivity index (χ0) is 23.1. The number of fused-ring (bicyclic) bond motifs is 1. The highest BCUT2D eigenvalue weighted by molar-refractivity contribution is 6.12. The van der Waals surface area contributed by atoms with Gasteiger partial charge in [-0.1, -0.05) is 0 Å². The van der Waals surface area contributed by atoms with Crippen molar-refractivity contribution in [2.75, 3.05) is 16.8 Å². The zero-order valence-corrected chi connectivity index (χ0v) is 18.2. The van der Waals surface area contributed by atoms with E-state index in [2.05, 4.69) is 15.4 Å². The molecule has 168 valence electrons. The van der Waals surface area contributed by atoms with Crippen LogP contribution < -0.4 is 10.2 Å². The van der Waals surface area contributed by atoms with E-state index in [9.17, 15) is 14.0 Å². The predicted molar refractivity (Wildman–Crippen MR) is 122 cm³/mol. The Morgan fingerprint density at radius 3 is 2.76 bits per heavy atom. The second-order valence-corrected chi connectivity index (χ2v) is 8.22. The second-order valence-electron chi connectivity index (χ2n) is 8.22. The average Bonchev–Trinajstić information content (AvgIpc) is 3.54. The largest absolute Gasteiger partial charge is 0.463 e. The van der Waals surface area contributed by atoms with Gasteiger partial charge < -0.3 is 14.6 Å². The fourth-order valence-electron chi connectivity index (χ4n) is 4.04. The van der Waals surface area contributed by atoms with Crippen LogP contribution in [0.3, 0.4) is 0 Å². The van der Waals surface area contributed by atoms with E-state index in [-0.39, 0.29) is 23.3 Å².